The lowest BCUT2D eigenvalue weighted by atomic mass is 10.1. The van der Waals surface area contributed by atoms with Gasteiger partial charge in [0, 0.05) is 18.8 Å². The van der Waals surface area contributed by atoms with Gasteiger partial charge in [-0.25, -0.2) is 0 Å². The average molecular weight is 240 g/mol. The molecule has 0 aliphatic rings. The Morgan fingerprint density at radius 2 is 1.83 bits per heavy atom. The van der Waals surface area contributed by atoms with Gasteiger partial charge in [-0.1, -0.05) is 12.1 Å². The lowest BCUT2D eigenvalue weighted by Crippen LogP contribution is -2.05. The zero-order valence-corrected chi connectivity index (χ0v) is 10.8. The fourth-order valence-corrected chi connectivity index (χ4v) is 1.83. The maximum atomic E-state index is 8.93. The van der Waals surface area contributed by atoms with Crippen LogP contribution in [-0.4, -0.2) is 10.7 Å². The highest BCUT2D eigenvalue weighted by Gasteiger charge is 2.05. The summed E-state index contributed by atoms with van der Waals surface area (Å²) in [7, 11) is 1.87. The first-order valence-electron chi connectivity index (χ1n) is 5.93. The molecule has 18 heavy (non-hydrogen) atoms. The molecule has 0 unspecified atom stereocenters. The standard InChI is InChI=1S/C15H16N2O/c1-11(2)18-15-6-4-12(5-7-15)13-8-14(9-16)17(3)10-13/h4-8,10-11H,1-3H3. The fraction of sp³-hybridized carbons (Fsp3) is 0.267. The summed E-state index contributed by atoms with van der Waals surface area (Å²) in [5, 5.41) is 8.93. The number of benzene rings is 1. The van der Waals surface area contributed by atoms with Gasteiger partial charge in [-0.2, -0.15) is 5.26 Å². The predicted octanol–water partition coefficient (Wildman–Crippen LogP) is 3.35. The molecule has 0 amide bonds. The van der Waals surface area contributed by atoms with Crippen LogP contribution in [0.5, 0.6) is 5.75 Å². The molecule has 0 saturated carbocycles. The molecule has 0 radical (unpaired) electrons. The minimum absolute atomic E-state index is 0.178. The van der Waals surface area contributed by atoms with E-state index in [4.69, 9.17) is 10.00 Å². The number of nitrogens with zero attached hydrogens (tertiary/aromatic N) is 2. The molecule has 3 heteroatoms. The Morgan fingerprint density at radius 3 is 2.33 bits per heavy atom. The van der Waals surface area contributed by atoms with E-state index in [-0.39, 0.29) is 6.10 Å². The van der Waals surface area contributed by atoms with Gasteiger partial charge >= 0.3 is 0 Å². The molecule has 0 atom stereocenters. The summed E-state index contributed by atoms with van der Waals surface area (Å²) >= 11 is 0. The van der Waals surface area contributed by atoms with E-state index in [1.165, 1.54) is 0 Å². The molecule has 1 aromatic carbocycles. The maximum absolute atomic E-state index is 8.93. The van der Waals surface area contributed by atoms with Crippen molar-refractivity contribution in [2.24, 2.45) is 7.05 Å². The quantitative estimate of drug-likeness (QED) is 0.825. The van der Waals surface area contributed by atoms with Crippen LogP contribution in [0.3, 0.4) is 0 Å². The van der Waals surface area contributed by atoms with E-state index in [1.807, 2.05) is 62.0 Å². The number of ether oxygens (including phenoxy) is 1. The second kappa shape index (κ2) is 4.97. The van der Waals surface area contributed by atoms with E-state index in [9.17, 15) is 0 Å². The van der Waals surface area contributed by atoms with Gasteiger partial charge in [0.25, 0.3) is 0 Å². The lowest BCUT2D eigenvalue weighted by molar-refractivity contribution is 0.242. The topological polar surface area (TPSA) is 37.9 Å². The Balaban J connectivity index is 2.26. The van der Waals surface area contributed by atoms with Gasteiger partial charge in [-0.05, 0) is 37.6 Å². The first-order valence-corrected chi connectivity index (χ1v) is 5.93. The SMILES string of the molecule is CC(C)Oc1ccc(-c2cc(C#N)n(C)c2)cc1. The number of hydrogen-bond donors (Lipinski definition) is 0. The van der Waals surface area contributed by atoms with Crippen molar-refractivity contribution < 1.29 is 4.74 Å². The van der Waals surface area contributed by atoms with Crippen molar-refractivity contribution in [3.63, 3.8) is 0 Å². The number of hydrogen-bond acceptors (Lipinski definition) is 2. The van der Waals surface area contributed by atoms with Crippen molar-refractivity contribution in [3.05, 3.63) is 42.2 Å². The molecule has 0 fully saturated rings. The number of aryl methyl sites for hydroxylation is 1. The number of rotatable bonds is 3. The molecule has 1 heterocycles. The average Bonchev–Trinajstić information content (AvgIpc) is 2.71. The van der Waals surface area contributed by atoms with Crippen molar-refractivity contribution in [3.8, 4) is 22.9 Å². The van der Waals surface area contributed by atoms with E-state index in [1.54, 1.807) is 0 Å². The smallest absolute Gasteiger partial charge is 0.120 e. The highest BCUT2D eigenvalue weighted by atomic mass is 16.5. The normalized spacial score (nSPS) is 10.4. The minimum atomic E-state index is 0.178. The zero-order chi connectivity index (χ0) is 13.1. The van der Waals surface area contributed by atoms with E-state index in [0.29, 0.717) is 5.69 Å². The van der Waals surface area contributed by atoms with Crippen LogP contribution in [0.4, 0.5) is 0 Å². The molecule has 2 aromatic rings. The van der Waals surface area contributed by atoms with E-state index in [0.717, 1.165) is 16.9 Å². The van der Waals surface area contributed by atoms with Gasteiger partial charge < -0.3 is 9.30 Å². The monoisotopic (exact) mass is 240 g/mol. The van der Waals surface area contributed by atoms with Crippen LogP contribution in [-0.2, 0) is 7.05 Å². The van der Waals surface area contributed by atoms with Crippen LogP contribution in [0.15, 0.2) is 36.5 Å². The van der Waals surface area contributed by atoms with Crippen LogP contribution in [0.2, 0.25) is 0 Å². The Kier molecular flexibility index (Phi) is 3.38. The van der Waals surface area contributed by atoms with Gasteiger partial charge in [0.05, 0.1) is 6.10 Å². The molecule has 0 spiro atoms. The van der Waals surface area contributed by atoms with Gasteiger partial charge in [-0.15, -0.1) is 0 Å². The number of aromatic nitrogens is 1. The van der Waals surface area contributed by atoms with Crippen LogP contribution in [0.25, 0.3) is 11.1 Å². The molecule has 3 nitrogen and oxygen atoms in total. The van der Waals surface area contributed by atoms with E-state index in [2.05, 4.69) is 6.07 Å². The summed E-state index contributed by atoms with van der Waals surface area (Å²) in [4.78, 5) is 0. The fourth-order valence-electron chi connectivity index (χ4n) is 1.83. The largest absolute Gasteiger partial charge is 0.491 e. The third-order valence-electron chi connectivity index (χ3n) is 2.68. The van der Waals surface area contributed by atoms with Crippen molar-refractivity contribution in [2.75, 3.05) is 0 Å². The zero-order valence-electron chi connectivity index (χ0n) is 10.8. The molecule has 0 N–H and O–H groups in total. The molecule has 0 saturated heterocycles. The Morgan fingerprint density at radius 1 is 1.17 bits per heavy atom. The van der Waals surface area contributed by atoms with Crippen molar-refractivity contribution >= 4 is 0 Å². The highest BCUT2D eigenvalue weighted by Crippen LogP contribution is 2.24. The van der Waals surface area contributed by atoms with Gasteiger partial charge in [-0.3, -0.25) is 0 Å². The molecule has 0 aliphatic carbocycles. The Labute approximate surface area is 107 Å². The van der Waals surface area contributed by atoms with Crippen LogP contribution < -0.4 is 4.74 Å². The third kappa shape index (κ3) is 2.54. The van der Waals surface area contributed by atoms with Crippen molar-refractivity contribution in [2.45, 2.75) is 20.0 Å². The Hall–Kier alpha value is -2.21. The second-order valence-electron chi connectivity index (χ2n) is 4.53. The molecular formula is C15H16N2O. The lowest BCUT2D eigenvalue weighted by Gasteiger charge is -2.09. The van der Waals surface area contributed by atoms with Crippen LogP contribution in [0.1, 0.15) is 19.5 Å². The summed E-state index contributed by atoms with van der Waals surface area (Å²) in [6.07, 6.45) is 2.13. The van der Waals surface area contributed by atoms with E-state index >= 15 is 0 Å². The van der Waals surface area contributed by atoms with Gasteiger partial charge in [0.2, 0.25) is 0 Å². The first-order chi connectivity index (χ1) is 8.60. The highest BCUT2D eigenvalue weighted by molar-refractivity contribution is 5.65. The predicted molar refractivity (Wildman–Crippen MR) is 71.3 cm³/mol. The van der Waals surface area contributed by atoms with Crippen LogP contribution >= 0.6 is 0 Å². The molecule has 92 valence electrons. The van der Waals surface area contributed by atoms with Gasteiger partial charge in [0.15, 0.2) is 0 Å². The van der Waals surface area contributed by atoms with E-state index < -0.39 is 0 Å². The van der Waals surface area contributed by atoms with Gasteiger partial charge in [0.1, 0.15) is 17.5 Å². The summed E-state index contributed by atoms with van der Waals surface area (Å²) < 4.78 is 7.42. The van der Waals surface area contributed by atoms with Crippen molar-refractivity contribution in [1.29, 1.82) is 5.26 Å². The summed E-state index contributed by atoms with van der Waals surface area (Å²) in [6.45, 7) is 4.01. The van der Waals surface area contributed by atoms with Crippen LogP contribution in [0, 0.1) is 11.3 Å². The summed E-state index contributed by atoms with van der Waals surface area (Å²) in [6, 6.07) is 12.0. The molecular weight excluding hydrogens is 224 g/mol. The third-order valence-corrected chi connectivity index (χ3v) is 2.68. The maximum Gasteiger partial charge on any atom is 0.120 e. The number of nitriles is 1. The second-order valence-corrected chi connectivity index (χ2v) is 4.53. The summed E-state index contributed by atoms with van der Waals surface area (Å²) in [5.41, 5.74) is 2.79. The summed E-state index contributed by atoms with van der Waals surface area (Å²) in [5.74, 6) is 0.866. The first kappa shape index (κ1) is 12.3. The van der Waals surface area contributed by atoms with Crippen molar-refractivity contribution in [1.82, 2.24) is 4.57 Å². The minimum Gasteiger partial charge on any atom is -0.491 e. The Bertz CT molecular complexity index is 574. The molecule has 1 aromatic heterocycles. The molecule has 0 aliphatic heterocycles. The molecule has 2 rings (SSSR count). The molecule has 0 bridgehead atoms.